The smallest absolute Gasteiger partial charge is 0.308 e. The Morgan fingerprint density at radius 2 is 2.08 bits per heavy atom. The number of likely N-dealkylation sites (tertiary alicyclic amines) is 1. The van der Waals surface area contributed by atoms with Crippen molar-refractivity contribution < 1.29 is 9.90 Å². The van der Waals surface area contributed by atoms with Gasteiger partial charge in [0.1, 0.15) is 0 Å². The van der Waals surface area contributed by atoms with E-state index in [-0.39, 0.29) is 18.3 Å². The van der Waals surface area contributed by atoms with E-state index in [9.17, 15) is 4.79 Å². The zero-order chi connectivity index (χ0) is 9.14. The summed E-state index contributed by atoms with van der Waals surface area (Å²) in [6.45, 7) is 6.82. The first-order valence-corrected chi connectivity index (χ1v) is 4.64. The normalized spacial score (nSPS) is 28.5. The Morgan fingerprint density at radius 1 is 1.46 bits per heavy atom. The second-order valence-corrected chi connectivity index (χ2v) is 3.47. The molecule has 1 fully saturated rings. The van der Waals surface area contributed by atoms with Crippen molar-refractivity contribution in [1.82, 2.24) is 4.90 Å². The van der Waals surface area contributed by atoms with Gasteiger partial charge in [0.2, 0.25) is 0 Å². The van der Waals surface area contributed by atoms with Crippen LogP contribution in [0.3, 0.4) is 0 Å². The number of carboxylic acid groups (broad SMARTS) is 1. The molecule has 0 aromatic carbocycles. The average Bonchev–Trinajstić information content (AvgIpc) is 2.47. The highest BCUT2D eigenvalue weighted by Gasteiger charge is 2.35. The Morgan fingerprint density at radius 3 is 2.38 bits per heavy atom. The van der Waals surface area contributed by atoms with Crippen molar-refractivity contribution in [3.63, 3.8) is 0 Å². The van der Waals surface area contributed by atoms with Crippen molar-refractivity contribution in [2.24, 2.45) is 11.8 Å². The molecule has 4 heteroatoms. The number of nitrogens with zero attached hydrogens (tertiary/aromatic N) is 1. The Bertz CT molecular complexity index is 175. The maximum Gasteiger partial charge on any atom is 0.308 e. The molecular weight excluding hydrogens is 190 g/mol. The average molecular weight is 208 g/mol. The molecule has 0 aromatic rings. The monoisotopic (exact) mass is 207 g/mol. The van der Waals surface area contributed by atoms with Gasteiger partial charge in [-0.15, -0.1) is 12.4 Å². The molecule has 1 rings (SSSR count). The lowest BCUT2D eigenvalue weighted by Crippen LogP contribution is -2.23. The van der Waals surface area contributed by atoms with E-state index in [1.165, 1.54) is 0 Å². The molecule has 1 heterocycles. The summed E-state index contributed by atoms with van der Waals surface area (Å²) in [7, 11) is 0. The van der Waals surface area contributed by atoms with Gasteiger partial charge in [0, 0.05) is 13.1 Å². The fraction of sp³-hybridized carbons (Fsp3) is 0.889. The predicted molar refractivity (Wildman–Crippen MR) is 54.3 cm³/mol. The number of rotatable bonds is 3. The molecule has 13 heavy (non-hydrogen) atoms. The molecule has 0 aromatic heterocycles. The summed E-state index contributed by atoms with van der Waals surface area (Å²) < 4.78 is 0. The lowest BCUT2D eigenvalue weighted by molar-refractivity contribution is -0.142. The van der Waals surface area contributed by atoms with Gasteiger partial charge in [-0.1, -0.05) is 20.3 Å². The Hall–Kier alpha value is -0.280. The van der Waals surface area contributed by atoms with E-state index in [2.05, 4.69) is 18.7 Å². The highest BCUT2D eigenvalue weighted by Crippen LogP contribution is 2.25. The minimum Gasteiger partial charge on any atom is -0.481 e. The summed E-state index contributed by atoms with van der Waals surface area (Å²) >= 11 is 0. The molecule has 0 radical (unpaired) electrons. The number of carbonyl (C=O) groups is 1. The third-order valence-corrected chi connectivity index (χ3v) is 2.81. The number of hydrogen-bond acceptors (Lipinski definition) is 2. The van der Waals surface area contributed by atoms with Crippen LogP contribution in [0.4, 0.5) is 0 Å². The SMILES string of the molecule is CCC1CN(CC)CC1C(=O)O.Cl. The molecule has 1 N–H and O–H groups in total. The van der Waals surface area contributed by atoms with Gasteiger partial charge in [0.15, 0.2) is 0 Å². The topological polar surface area (TPSA) is 40.5 Å². The van der Waals surface area contributed by atoms with E-state index in [1.54, 1.807) is 0 Å². The van der Waals surface area contributed by atoms with Crippen molar-refractivity contribution in [3.05, 3.63) is 0 Å². The first kappa shape index (κ1) is 12.7. The molecule has 78 valence electrons. The van der Waals surface area contributed by atoms with Crippen LogP contribution in [0.15, 0.2) is 0 Å². The number of aliphatic carboxylic acids is 1. The number of halogens is 1. The van der Waals surface area contributed by atoms with Crippen LogP contribution in [-0.2, 0) is 4.79 Å². The van der Waals surface area contributed by atoms with Gasteiger partial charge in [0.05, 0.1) is 5.92 Å². The largest absolute Gasteiger partial charge is 0.481 e. The minimum atomic E-state index is -0.627. The summed E-state index contributed by atoms with van der Waals surface area (Å²) in [5.41, 5.74) is 0. The fourth-order valence-corrected chi connectivity index (χ4v) is 1.91. The molecule has 0 saturated carbocycles. The first-order valence-electron chi connectivity index (χ1n) is 4.64. The Balaban J connectivity index is 0.00000144. The number of carboxylic acids is 1. The Labute approximate surface area is 85.5 Å². The molecule has 2 atom stereocenters. The summed E-state index contributed by atoms with van der Waals surface area (Å²) in [6.07, 6.45) is 0.980. The molecule has 3 nitrogen and oxygen atoms in total. The molecule has 0 amide bonds. The maximum atomic E-state index is 10.8. The predicted octanol–water partition coefficient (Wildman–Crippen LogP) is 1.47. The van der Waals surface area contributed by atoms with Crippen LogP contribution in [-0.4, -0.2) is 35.6 Å². The maximum absolute atomic E-state index is 10.8. The molecule has 0 spiro atoms. The van der Waals surface area contributed by atoms with Crippen LogP contribution >= 0.6 is 12.4 Å². The van der Waals surface area contributed by atoms with Crippen molar-refractivity contribution in [2.45, 2.75) is 20.3 Å². The van der Waals surface area contributed by atoms with E-state index in [0.717, 1.165) is 26.1 Å². The van der Waals surface area contributed by atoms with Gasteiger partial charge in [-0.05, 0) is 12.5 Å². The van der Waals surface area contributed by atoms with E-state index in [1.807, 2.05) is 0 Å². The zero-order valence-electron chi connectivity index (χ0n) is 8.19. The van der Waals surface area contributed by atoms with Gasteiger partial charge < -0.3 is 10.0 Å². The van der Waals surface area contributed by atoms with Gasteiger partial charge in [-0.25, -0.2) is 0 Å². The van der Waals surface area contributed by atoms with Crippen LogP contribution < -0.4 is 0 Å². The van der Waals surface area contributed by atoms with Gasteiger partial charge in [0.25, 0.3) is 0 Å². The van der Waals surface area contributed by atoms with Crippen molar-refractivity contribution in [2.75, 3.05) is 19.6 Å². The first-order chi connectivity index (χ1) is 5.69. The Kier molecular flexibility index (Phi) is 5.33. The van der Waals surface area contributed by atoms with Gasteiger partial charge in [-0.3, -0.25) is 4.79 Å². The van der Waals surface area contributed by atoms with E-state index in [4.69, 9.17) is 5.11 Å². The highest BCUT2D eigenvalue weighted by atomic mass is 35.5. The third-order valence-electron chi connectivity index (χ3n) is 2.81. The highest BCUT2D eigenvalue weighted by molar-refractivity contribution is 5.85. The molecular formula is C9H18ClNO2. The minimum absolute atomic E-state index is 0. The quantitative estimate of drug-likeness (QED) is 0.762. The van der Waals surface area contributed by atoms with Crippen molar-refractivity contribution in [3.8, 4) is 0 Å². The van der Waals surface area contributed by atoms with E-state index in [0.29, 0.717) is 5.92 Å². The molecule has 0 aliphatic carbocycles. The summed E-state index contributed by atoms with van der Waals surface area (Å²) in [5, 5.41) is 8.90. The molecule has 1 aliphatic heterocycles. The van der Waals surface area contributed by atoms with Gasteiger partial charge in [-0.2, -0.15) is 0 Å². The van der Waals surface area contributed by atoms with Crippen molar-refractivity contribution in [1.29, 1.82) is 0 Å². The lowest BCUT2D eigenvalue weighted by Gasteiger charge is -2.10. The van der Waals surface area contributed by atoms with Crippen molar-refractivity contribution >= 4 is 18.4 Å². The summed E-state index contributed by atoms with van der Waals surface area (Å²) in [4.78, 5) is 13.0. The molecule has 0 bridgehead atoms. The van der Waals surface area contributed by atoms with Crippen LogP contribution in [0.5, 0.6) is 0 Å². The summed E-state index contributed by atoms with van der Waals surface area (Å²) in [5.74, 6) is -0.393. The second-order valence-electron chi connectivity index (χ2n) is 3.47. The van der Waals surface area contributed by atoms with Crippen LogP contribution in [0.1, 0.15) is 20.3 Å². The van der Waals surface area contributed by atoms with Crippen LogP contribution in [0.25, 0.3) is 0 Å². The lowest BCUT2D eigenvalue weighted by atomic mass is 9.94. The van der Waals surface area contributed by atoms with Crippen LogP contribution in [0, 0.1) is 11.8 Å². The van der Waals surface area contributed by atoms with E-state index < -0.39 is 5.97 Å². The third kappa shape index (κ3) is 2.85. The fourth-order valence-electron chi connectivity index (χ4n) is 1.91. The van der Waals surface area contributed by atoms with Crippen LogP contribution in [0.2, 0.25) is 0 Å². The summed E-state index contributed by atoms with van der Waals surface area (Å²) in [6, 6.07) is 0. The number of hydrogen-bond donors (Lipinski definition) is 1. The zero-order valence-corrected chi connectivity index (χ0v) is 9.01. The molecule has 2 unspecified atom stereocenters. The van der Waals surface area contributed by atoms with Gasteiger partial charge >= 0.3 is 5.97 Å². The standard InChI is InChI=1S/C9H17NO2.ClH/c1-3-7-5-10(4-2)6-8(7)9(11)12;/h7-8H,3-6H2,1-2H3,(H,11,12);1H. The molecule has 1 saturated heterocycles. The van der Waals surface area contributed by atoms with E-state index >= 15 is 0 Å². The molecule has 1 aliphatic rings. The second kappa shape index (κ2) is 5.45.